The van der Waals surface area contributed by atoms with Gasteiger partial charge in [-0.15, -0.1) is 0 Å². The first-order valence-corrected chi connectivity index (χ1v) is 11.7. The van der Waals surface area contributed by atoms with Gasteiger partial charge in [0, 0.05) is 27.4 Å². The van der Waals surface area contributed by atoms with Gasteiger partial charge in [-0.05, 0) is 66.9 Å². The van der Waals surface area contributed by atoms with Gasteiger partial charge in [0.05, 0.1) is 11.6 Å². The average molecular weight is 515 g/mol. The number of halogens is 3. The first kappa shape index (κ1) is 24.1. The average Bonchev–Trinajstić information content (AvgIpc) is 3.15. The van der Waals surface area contributed by atoms with Crippen LogP contribution in [0, 0.1) is 13.8 Å². The second kappa shape index (κ2) is 10.5. The Morgan fingerprint density at radius 1 is 0.971 bits per heavy atom. The first-order valence-electron chi connectivity index (χ1n) is 10.6. The number of aryl methyl sites for hydroxylation is 2. The van der Waals surface area contributed by atoms with Gasteiger partial charge in [0.2, 0.25) is 0 Å². The number of nitrogens with zero attached hydrogens (tertiary/aromatic N) is 2. The molecule has 34 heavy (non-hydrogen) atoms. The summed E-state index contributed by atoms with van der Waals surface area (Å²) < 4.78 is 7.63. The van der Waals surface area contributed by atoms with Gasteiger partial charge in [-0.2, -0.15) is 5.10 Å². The van der Waals surface area contributed by atoms with E-state index in [0.717, 1.165) is 22.4 Å². The molecule has 0 saturated carbocycles. The molecule has 4 aromatic rings. The Morgan fingerprint density at radius 2 is 1.79 bits per heavy atom. The third-order valence-corrected chi connectivity index (χ3v) is 6.13. The molecule has 1 N–H and O–H groups in total. The fourth-order valence-corrected chi connectivity index (χ4v) is 4.06. The quantitative estimate of drug-likeness (QED) is 0.281. The fourth-order valence-electron chi connectivity index (χ4n) is 3.42. The molecule has 0 aliphatic heterocycles. The molecule has 1 amide bonds. The normalized spacial score (nSPS) is 10.9. The maximum absolute atomic E-state index is 12.9. The molecule has 0 aliphatic rings. The van der Waals surface area contributed by atoms with E-state index in [0.29, 0.717) is 45.4 Å². The number of aromatic nitrogens is 2. The van der Waals surface area contributed by atoms with Gasteiger partial charge in [-0.3, -0.25) is 9.48 Å². The van der Waals surface area contributed by atoms with E-state index in [4.69, 9.17) is 39.5 Å². The molecule has 1 heterocycles. The molecule has 8 heteroatoms. The van der Waals surface area contributed by atoms with Crippen molar-refractivity contribution in [3.63, 3.8) is 0 Å². The standard InChI is InChI=1S/C26H22Cl3N3O2/c1-16-6-9-22(28)24(10-16)34-15-18-4-3-5-19(12-18)26(33)30-25-11-17(2)32(31-25)14-20-7-8-21(27)13-23(20)29/h3-13H,14-15H2,1-2H3,(H,30,31,33). The monoisotopic (exact) mass is 513 g/mol. The van der Waals surface area contributed by atoms with E-state index in [1.165, 1.54) is 0 Å². The highest BCUT2D eigenvalue weighted by molar-refractivity contribution is 6.35. The van der Waals surface area contributed by atoms with Gasteiger partial charge in [-0.25, -0.2) is 0 Å². The highest BCUT2D eigenvalue weighted by atomic mass is 35.5. The lowest BCUT2D eigenvalue weighted by Gasteiger charge is -2.10. The number of hydrogen-bond acceptors (Lipinski definition) is 3. The molecular weight excluding hydrogens is 493 g/mol. The molecule has 0 bridgehead atoms. The highest BCUT2D eigenvalue weighted by Crippen LogP contribution is 2.26. The Kier molecular flexibility index (Phi) is 7.47. The van der Waals surface area contributed by atoms with Crippen LogP contribution in [0.2, 0.25) is 15.1 Å². The maximum atomic E-state index is 12.9. The summed E-state index contributed by atoms with van der Waals surface area (Å²) >= 11 is 18.5. The molecule has 0 fully saturated rings. The number of hydrogen-bond donors (Lipinski definition) is 1. The van der Waals surface area contributed by atoms with Crippen LogP contribution >= 0.6 is 34.8 Å². The largest absolute Gasteiger partial charge is 0.487 e. The second-order valence-corrected chi connectivity index (χ2v) is 9.19. The molecule has 174 valence electrons. The summed E-state index contributed by atoms with van der Waals surface area (Å²) in [6.07, 6.45) is 0. The molecule has 0 atom stereocenters. The van der Waals surface area contributed by atoms with Crippen molar-refractivity contribution >= 4 is 46.5 Å². The van der Waals surface area contributed by atoms with Crippen molar-refractivity contribution in [2.75, 3.05) is 5.32 Å². The molecule has 1 aromatic heterocycles. The van der Waals surface area contributed by atoms with Crippen LogP contribution in [0.4, 0.5) is 5.82 Å². The Morgan fingerprint density at radius 3 is 2.59 bits per heavy atom. The van der Waals surface area contributed by atoms with Crippen molar-refractivity contribution in [2.45, 2.75) is 27.0 Å². The van der Waals surface area contributed by atoms with Crippen LogP contribution in [0.3, 0.4) is 0 Å². The summed E-state index contributed by atoms with van der Waals surface area (Å²) in [4.78, 5) is 12.9. The van der Waals surface area contributed by atoms with Gasteiger partial charge in [-0.1, -0.05) is 59.1 Å². The number of amides is 1. The van der Waals surface area contributed by atoms with Gasteiger partial charge in [0.1, 0.15) is 12.4 Å². The number of ether oxygens (including phenoxy) is 1. The summed E-state index contributed by atoms with van der Waals surface area (Å²) in [5.41, 5.74) is 4.18. The van der Waals surface area contributed by atoms with Crippen molar-refractivity contribution in [3.8, 4) is 5.75 Å². The molecule has 0 unspecified atom stereocenters. The third-order valence-electron chi connectivity index (χ3n) is 5.23. The predicted octanol–water partition coefficient (Wildman–Crippen LogP) is 7.34. The minimum atomic E-state index is -0.260. The second-order valence-electron chi connectivity index (χ2n) is 7.94. The van der Waals surface area contributed by atoms with Crippen LogP contribution < -0.4 is 10.1 Å². The molecule has 3 aromatic carbocycles. The SMILES string of the molecule is Cc1ccc(Cl)c(OCc2cccc(C(=O)Nc3cc(C)n(Cc4ccc(Cl)cc4Cl)n3)c2)c1. The van der Waals surface area contributed by atoms with Crippen LogP contribution in [0.15, 0.2) is 66.7 Å². The zero-order chi connectivity index (χ0) is 24.2. The summed E-state index contributed by atoms with van der Waals surface area (Å²) in [6, 6.07) is 20.0. The van der Waals surface area contributed by atoms with Gasteiger partial charge < -0.3 is 10.1 Å². The Bertz CT molecular complexity index is 1350. The first-order chi connectivity index (χ1) is 16.3. The molecule has 5 nitrogen and oxygen atoms in total. The summed E-state index contributed by atoms with van der Waals surface area (Å²) in [5.74, 6) is 0.809. The van der Waals surface area contributed by atoms with Crippen LogP contribution in [0.1, 0.15) is 32.7 Å². The number of carbonyl (C=O) groups is 1. The fraction of sp³-hybridized carbons (Fsp3) is 0.154. The highest BCUT2D eigenvalue weighted by Gasteiger charge is 2.12. The number of benzene rings is 3. The summed E-state index contributed by atoms with van der Waals surface area (Å²) in [7, 11) is 0. The molecule has 0 aliphatic carbocycles. The van der Waals surface area contributed by atoms with Crippen LogP contribution in [0.5, 0.6) is 5.75 Å². The Balaban J connectivity index is 1.43. The smallest absolute Gasteiger partial charge is 0.256 e. The van der Waals surface area contributed by atoms with E-state index >= 15 is 0 Å². The Hall–Kier alpha value is -2.99. The van der Waals surface area contributed by atoms with Gasteiger partial charge in [0.15, 0.2) is 5.82 Å². The van der Waals surface area contributed by atoms with Crippen molar-refractivity contribution in [3.05, 3.63) is 110 Å². The van der Waals surface area contributed by atoms with E-state index in [-0.39, 0.29) is 5.91 Å². The third kappa shape index (κ3) is 5.92. The minimum Gasteiger partial charge on any atom is -0.487 e. The van der Waals surface area contributed by atoms with E-state index in [9.17, 15) is 4.79 Å². The van der Waals surface area contributed by atoms with Crippen molar-refractivity contribution < 1.29 is 9.53 Å². The Labute approximate surface area is 213 Å². The molecule has 0 saturated heterocycles. The minimum absolute atomic E-state index is 0.260. The lowest BCUT2D eigenvalue weighted by Crippen LogP contribution is -2.13. The lowest BCUT2D eigenvalue weighted by molar-refractivity contribution is 0.102. The van der Waals surface area contributed by atoms with E-state index in [2.05, 4.69) is 10.4 Å². The zero-order valence-electron chi connectivity index (χ0n) is 18.6. The number of anilines is 1. The van der Waals surface area contributed by atoms with E-state index < -0.39 is 0 Å². The van der Waals surface area contributed by atoms with E-state index in [1.807, 2.05) is 50.2 Å². The molecule has 4 rings (SSSR count). The number of rotatable bonds is 7. The van der Waals surface area contributed by atoms with Crippen molar-refractivity contribution in [1.82, 2.24) is 9.78 Å². The number of nitrogens with one attached hydrogen (secondary N) is 1. The summed E-state index contributed by atoms with van der Waals surface area (Å²) in [6.45, 7) is 4.65. The van der Waals surface area contributed by atoms with E-state index in [1.54, 1.807) is 35.0 Å². The molecule has 0 spiro atoms. The van der Waals surface area contributed by atoms with Gasteiger partial charge >= 0.3 is 0 Å². The van der Waals surface area contributed by atoms with Crippen molar-refractivity contribution in [1.29, 1.82) is 0 Å². The molecule has 0 radical (unpaired) electrons. The topological polar surface area (TPSA) is 56.1 Å². The number of carbonyl (C=O) groups excluding carboxylic acids is 1. The van der Waals surface area contributed by atoms with Crippen molar-refractivity contribution in [2.24, 2.45) is 0 Å². The lowest BCUT2D eigenvalue weighted by atomic mass is 10.1. The molecular formula is C26H22Cl3N3O2. The van der Waals surface area contributed by atoms with Crippen LogP contribution in [0.25, 0.3) is 0 Å². The zero-order valence-corrected chi connectivity index (χ0v) is 20.9. The van der Waals surface area contributed by atoms with Crippen LogP contribution in [-0.4, -0.2) is 15.7 Å². The van der Waals surface area contributed by atoms with Crippen LogP contribution in [-0.2, 0) is 13.2 Å². The summed E-state index contributed by atoms with van der Waals surface area (Å²) in [5, 5.41) is 9.06. The van der Waals surface area contributed by atoms with Gasteiger partial charge in [0.25, 0.3) is 5.91 Å². The maximum Gasteiger partial charge on any atom is 0.256 e. The predicted molar refractivity (Wildman–Crippen MR) is 137 cm³/mol.